The summed E-state index contributed by atoms with van der Waals surface area (Å²) in [6.45, 7) is 0.871. The molecule has 2 fully saturated rings. The fourth-order valence-electron chi connectivity index (χ4n) is 3.67. The van der Waals surface area contributed by atoms with Gasteiger partial charge in [0.15, 0.2) is 0 Å². The monoisotopic (exact) mass is 439 g/mol. The van der Waals surface area contributed by atoms with Crippen LogP contribution in [0.2, 0.25) is 0 Å². The zero-order valence-corrected chi connectivity index (χ0v) is 18.4. The average Bonchev–Trinajstić information content (AvgIpc) is 3.56. The molecule has 4 rings (SSSR count). The maximum Gasteiger partial charge on any atom is 0.249 e. The molecule has 2 aromatic rings. The Morgan fingerprint density at radius 3 is 2.74 bits per heavy atom. The Bertz CT molecular complexity index is 904. The third kappa shape index (κ3) is 6.70. The van der Waals surface area contributed by atoms with E-state index in [4.69, 9.17) is 0 Å². The number of carbonyl (C=O) groups is 2. The molecule has 7 nitrogen and oxygen atoms in total. The molecule has 0 unspecified atom stereocenters. The lowest BCUT2D eigenvalue weighted by Crippen LogP contribution is -2.49. The topological polar surface area (TPSA) is 96.0 Å². The first-order valence-electron chi connectivity index (χ1n) is 11.1. The molecule has 8 heteroatoms. The third-order valence-electron chi connectivity index (χ3n) is 5.62. The Labute approximate surface area is 186 Å². The third-order valence-corrected chi connectivity index (χ3v) is 6.62. The molecule has 3 N–H and O–H groups in total. The summed E-state index contributed by atoms with van der Waals surface area (Å²) in [7, 11) is 0. The zero-order chi connectivity index (χ0) is 21.5. The van der Waals surface area contributed by atoms with Crippen molar-refractivity contribution in [3.63, 3.8) is 0 Å². The minimum absolute atomic E-state index is 0.000943. The Kier molecular flexibility index (Phi) is 7.43. The first-order valence-corrected chi connectivity index (χ1v) is 11.9. The number of hydrogen-bond acceptors (Lipinski definition) is 6. The number of hydrogen-bond donors (Lipinski definition) is 3. The van der Waals surface area contributed by atoms with E-state index in [9.17, 15) is 9.59 Å². The molecule has 164 valence electrons. The van der Waals surface area contributed by atoms with Gasteiger partial charge in [0, 0.05) is 18.0 Å². The number of carbonyl (C=O) groups excluding carboxylic acids is 2. The quantitative estimate of drug-likeness (QED) is 0.522. The van der Waals surface area contributed by atoms with Crippen LogP contribution in [0.15, 0.2) is 42.5 Å². The summed E-state index contributed by atoms with van der Waals surface area (Å²) < 4.78 is 0. The first kappa shape index (κ1) is 21.6. The molecule has 1 saturated carbocycles. The number of nitrogens with one attached hydrogen (secondary N) is 3. The predicted octanol–water partition coefficient (Wildman–Crippen LogP) is 3.17. The standard InChI is InChI=1S/C23H29N5O2S/c29-20(26-23-28-27-22(31-23)17-10-11-17)14-13-18(12-9-16-6-2-1-3-7-16)25-21(30)19-8-4-5-15-24-19/h1-3,6-7,13-14,17-19,24H,4-5,8-12,15H2,(H,25,30)(H,26,28,29)/t18-,19-/m0/s1. The second kappa shape index (κ2) is 10.6. The summed E-state index contributed by atoms with van der Waals surface area (Å²) in [5.74, 6) is 0.263. The first-order chi connectivity index (χ1) is 15.2. The van der Waals surface area contributed by atoms with Crippen LogP contribution in [0.5, 0.6) is 0 Å². The lowest BCUT2D eigenvalue weighted by Gasteiger charge is -2.25. The Balaban J connectivity index is 1.35. The van der Waals surface area contributed by atoms with Crippen molar-refractivity contribution < 1.29 is 9.59 Å². The molecule has 0 radical (unpaired) electrons. The van der Waals surface area contributed by atoms with Crippen molar-refractivity contribution in [1.82, 2.24) is 20.8 Å². The van der Waals surface area contributed by atoms with Crippen molar-refractivity contribution in [3.8, 4) is 0 Å². The maximum absolute atomic E-state index is 12.7. The van der Waals surface area contributed by atoms with Crippen LogP contribution in [-0.2, 0) is 16.0 Å². The van der Waals surface area contributed by atoms with Gasteiger partial charge in [-0.05, 0) is 50.6 Å². The molecule has 1 aliphatic carbocycles. The van der Waals surface area contributed by atoms with Gasteiger partial charge in [-0.1, -0.05) is 54.2 Å². The molecule has 31 heavy (non-hydrogen) atoms. The highest BCUT2D eigenvalue weighted by atomic mass is 32.1. The highest BCUT2D eigenvalue weighted by Crippen LogP contribution is 2.42. The highest BCUT2D eigenvalue weighted by Gasteiger charge is 2.27. The molecular formula is C23H29N5O2S. The van der Waals surface area contributed by atoms with Gasteiger partial charge in [0.25, 0.3) is 0 Å². The summed E-state index contributed by atoms with van der Waals surface area (Å²) in [5, 5.41) is 18.9. The summed E-state index contributed by atoms with van der Waals surface area (Å²) in [6.07, 6.45) is 10.1. The van der Waals surface area contributed by atoms with Gasteiger partial charge in [0.05, 0.1) is 6.04 Å². The van der Waals surface area contributed by atoms with Crippen LogP contribution in [0.1, 0.15) is 55.0 Å². The summed E-state index contributed by atoms with van der Waals surface area (Å²) in [6, 6.07) is 9.78. The van der Waals surface area contributed by atoms with Crippen LogP contribution >= 0.6 is 11.3 Å². The Morgan fingerprint density at radius 1 is 1.16 bits per heavy atom. The molecule has 1 saturated heterocycles. The van der Waals surface area contributed by atoms with Gasteiger partial charge >= 0.3 is 0 Å². The summed E-state index contributed by atoms with van der Waals surface area (Å²) in [5.41, 5.74) is 1.21. The molecule has 1 aromatic heterocycles. The summed E-state index contributed by atoms with van der Waals surface area (Å²) in [4.78, 5) is 25.1. The van der Waals surface area contributed by atoms with Crippen molar-refractivity contribution in [1.29, 1.82) is 0 Å². The average molecular weight is 440 g/mol. The second-order valence-electron chi connectivity index (χ2n) is 8.21. The number of anilines is 1. The predicted molar refractivity (Wildman–Crippen MR) is 122 cm³/mol. The van der Waals surface area contributed by atoms with E-state index in [2.05, 4.69) is 38.3 Å². The summed E-state index contributed by atoms with van der Waals surface area (Å²) >= 11 is 1.44. The number of aryl methyl sites for hydroxylation is 1. The molecule has 2 aliphatic rings. The highest BCUT2D eigenvalue weighted by molar-refractivity contribution is 7.15. The fraction of sp³-hybridized carbons (Fsp3) is 0.478. The molecule has 0 bridgehead atoms. The van der Waals surface area contributed by atoms with E-state index in [-0.39, 0.29) is 23.9 Å². The van der Waals surface area contributed by atoms with Crippen LogP contribution in [0.3, 0.4) is 0 Å². The van der Waals surface area contributed by atoms with E-state index >= 15 is 0 Å². The van der Waals surface area contributed by atoms with Crippen molar-refractivity contribution in [2.45, 2.75) is 62.9 Å². The van der Waals surface area contributed by atoms with Gasteiger partial charge in [-0.2, -0.15) is 0 Å². The Hall–Kier alpha value is -2.58. The van der Waals surface area contributed by atoms with Crippen molar-refractivity contribution in [2.24, 2.45) is 0 Å². The van der Waals surface area contributed by atoms with Gasteiger partial charge in [-0.25, -0.2) is 0 Å². The van der Waals surface area contributed by atoms with Crippen LogP contribution in [0.25, 0.3) is 0 Å². The number of piperidine rings is 1. The van der Waals surface area contributed by atoms with Gasteiger partial charge < -0.3 is 10.6 Å². The largest absolute Gasteiger partial charge is 0.349 e. The van der Waals surface area contributed by atoms with Crippen LogP contribution in [0, 0.1) is 0 Å². The number of aromatic nitrogens is 2. The second-order valence-corrected chi connectivity index (χ2v) is 9.22. The van der Waals surface area contributed by atoms with E-state index in [0.717, 1.165) is 56.5 Å². The van der Waals surface area contributed by atoms with E-state index in [1.807, 2.05) is 18.2 Å². The van der Waals surface area contributed by atoms with Crippen LogP contribution < -0.4 is 16.0 Å². The smallest absolute Gasteiger partial charge is 0.249 e. The minimum Gasteiger partial charge on any atom is -0.349 e. The van der Waals surface area contributed by atoms with Crippen LogP contribution in [0.4, 0.5) is 5.13 Å². The Morgan fingerprint density at radius 2 is 2.00 bits per heavy atom. The molecule has 0 spiro atoms. The van der Waals surface area contributed by atoms with E-state index < -0.39 is 0 Å². The van der Waals surface area contributed by atoms with Crippen LogP contribution in [-0.4, -0.2) is 40.6 Å². The number of nitrogens with zero attached hydrogens (tertiary/aromatic N) is 2. The van der Waals surface area contributed by atoms with Crippen molar-refractivity contribution >= 4 is 28.3 Å². The molecule has 1 aromatic carbocycles. The van der Waals surface area contributed by atoms with E-state index in [1.165, 1.54) is 23.0 Å². The fourth-order valence-corrected chi connectivity index (χ4v) is 4.59. The lowest BCUT2D eigenvalue weighted by atomic mass is 10.0. The van der Waals surface area contributed by atoms with E-state index in [1.54, 1.807) is 6.08 Å². The van der Waals surface area contributed by atoms with Gasteiger partial charge in [0.2, 0.25) is 16.9 Å². The maximum atomic E-state index is 12.7. The molecular weight excluding hydrogens is 410 g/mol. The number of benzene rings is 1. The number of amides is 2. The SMILES string of the molecule is O=C(C=C[C@H](CCc1ccccc1)NC(=O)[C@@H]1CCCCN1)Nc1nnc(C2CC2)s1. The normalized spacial score (nSPS) is 19.8. The molecule has 2 amide bonds. The van der Waals surface area contributed by atoms with Crippen molar-refractivity contribution in [2.75, 3.05) is 11.9 Å². The zero-order valence-electron chi connectivity index (χ0n) is 17.5. The molecule has 2 heterocycles. The lowest BCUT2D eigenvalue weighted by molar-refractivity contribution is -0.124. The van der Waals surface area contributed by atoms with Crippen molar-refractivity contribution in [3.05, 3.63) is 53.1 Å². The molecule has 2 atom stereocenters. The van der Waals surface area contributed by atoms with Gasteiger partial charge in [-0.3, -0.25) is 14.9 Å². The number of rotatable bonds is 9. The minimum atomic E-state index is -0.256. The van der Waals surface area contributed by atoms with Gasteiger partial charge in [0.1, 0.15) is 5.01 Å². The van der Waals surface area contributed by atoms with E-state index in [0.29, 0.717) is 11.0 Å². The van der Waals surface area contributed by atoms with Gasteiger partial charge in [-0.15, -0.1) is 10.2 Å². The molecule has 1 aliphatic heterocycles.